The summed E-state index contributed by atoms with van der Waals surface area (Å²) in [5.41, 5.74) is 2.32. The quantitative estimate of drug-likeness (QED) is 0.826. The summed E-state index contributed by atoms with van der Waals surface area (Å²) >= 11 is 0. The zero-order valence-corrected chi connectivity index (χ0v) is 12.7. The van der Waals surface area contributed by atoms with Crippen molar-refractivity contribution in [2.75, 3.05) is 13.7 Å². The van der Waals surface area contributed by atoms with Crippen molar-refractivity contribution >= 4 is 5.91 Å². The van der Waals surface area contributed by atoms with Crippen LogP contribution in [0.4, 0.5) is 0 Å². The summed E-state index contributed by atoms with van der Waals surface area (Å²) in [4.78, 5) is 12.2. The first kappa shape index (κ1) is 16.2. The summed E-state index contributed by atoms with van der Waals surface area (Å²) in [6.07, 6.45) is -0.0990. The Labute approximate surface area is 130 Å². The van der Waals surface area contributed by atoms with Crippen LogP contribution in [0.25, 0.3) is 0 Å². The number of aliphatic hydroxyl groups excluding tert-OH is 1. The van der Waals surface area contributed by atoms with E-state index >= 15 is 0 Å². The van der Waals surface area contributed by atoms with E-state index in [2.05, 4.69) is 5.32 Å². The third-order valence-electron chi connectivity index (χ3n) is 3.45. The molecule has 0 saturated heterocycles. The molecule has 2 rings (SSSR count). The van der Waals surface area contributed by atoms with E-state index in [1.807, 2.05) is 48.5 Å². The minimum absolute atomic E-state index is 0.145. The number of methoxy groups -OCH3 is 1. The van der Waals surface area contributed by atoms with E-state index in [4.69, 9.17) is 4.74 Å². The van der Waals surface area contributed by atoms with Crippen LogP contribution in [0.3, 0.4) is 0 Å². The van der Waals surface area contributed by atoms with E-state index in [1.54, 1.807) is 13.2 Å². The second-order valence-electron chi connectivity index (χ2n) is 5.06. The van der Waals surface area contributed by atoms with Gasteiger partial charge >= 0.3 is 0 Å². The highest BCUT2D eigenvalue weighted by atomic mass is 16.5. The maximum Gasteiger partial charge on any atom is 0.251 e. The molecular weight excluding hydrogens is 278 g/mol. The highest BCUT2D eigenvalue weighted by Gasteiger charge is 2.12. The van der Waals surface area contributed by atoms with Crippen molar-refractivity contribution in [3.8, 4) is 0 Å². The van der Waals surface area contributed by atoms with Gasteiger partial charge in [0.15, 0.2) is 0 Å². The van der Waals surface area contributed by atoms with Gasteiger partial charge in [-0.3, -0.25) is 4.79 Å². The summed E-state index contributed by atoms with van der Waals surface area (Å²) in [5, 5.41) is 12.9. The van der Waals surface area contributed by atoms with Gasteiger partial charge in [0.05, 0.1) is 12.7 Å². The van der Waals surface area contributed by atoms with Crippen molar-refractivity contribution in [2.24, 2.45) is 0 Å². The van der Waals surface area contributed by atoms with Gasteiger partial charge in [-0.1, -0.05) is 48.5 Å². The van der Waals surface area contributed by atoms with Crippen LogP contribution in [-0.2, 0) is 11.3 Å². The van der Waals surface area contributed by atoms with Gasteiger partial charge in [-0.05, 0) is 23.6 Å². The Morgan fingerprint density at radius 3 is 2.55 bits per heavy atom. The van der Waals surface area contributed by atoms with Crippen LogP contribution in [0.2, 0.25) is 0 Å². The molecule has 0 aliphatic carbocycles. The molecule has 2 aromatic carbocycles. The molecule has 0 radical (unpaired) electrons. The van der Waals surface area contributed by atoms with E-state index in [0.29, 0.717) is 25.1 Å². The second kappa shape index (κ2) is 8.32. The number of carbonyl (C=O) groups excluding carboxylic acids is 1. The summed E-state index contributed by atoms with van der Waals surface area (Å²) in [6.45, 7) is 0.812. The first-order valence-electron chi connectivity index (χ1n) is 7.30. The third-order valence-corrected chi connectivity index (χ3v) is 3.45. The topological polar surface area (TPSA) is 58.6 Å². The molecule has 2 aromatic rings. The maximum atomic E-state index is 12.2. The van der Waals surface area contributed by atoms with Crippen molar-refractivity contribution in [2.45, 2.75) is 19.1 Å². The van der Waals surface area contributed by atoms with Crippen LogP contribution in [-0.4, -0.2) is 24.7 Å². The average Bonchev–Trinajstić information content (AvgIpc) is 2.56. The van der Waals surface area contributed by atoms with Crippen LogP contribution in [0.1, 0.15) is 34.0 Å². The molecule has 116 valence electrons. The van der Waals surface area contributed by atoms with Crippen LogP contribution in [0.5, 0.6) is 0 Å². The van der Waals surface area contributed by atoms with Gasteiger partial charge in [0.25, 0.3) is 5.91 Å². The fourth-order valence-electron chi connectivity index (χ4n) is 2.28. The summed E-state index contributed by atoms with van der Waals surface area (Å²) in [5.74, 6) is -0.145. The van der Waals surface area contributed by atoms with E-state index in [-0.39, 0.29) is 5.91 Å². The molecule has 0 aliphatic heterocycles. The lowest BCUT2D eigenvalue weighted by molar-refractivity contribution is 0.0938. The monoisotopic (exact) mass is 299 g/mol. The molecule has 0 aromatic heterocycles. The summed E-state index contributed by atoms with van der Waals surface area (Å²) < 4.78 is 5.10. The van der Waals surface area contributed by atoms with Crippen molar-refractivity contribution in [3.05, 3.63) is 71.3 Å². The molecule has 4 heteroatoms. The number of nitrogens with one attached hydrogen (secondary N) is 1. The molecule has 1 unspecified atom stereocenters. The fourth-order valence-corrected chi connectivity index (χ4v) is 2.28. The van der Waals surface area contributed by atoms with Crippen LogP contribution >= 0.6 is 0 Å². The van der Waals surface area contributed by atoms with Crippen molar-refractivity contribution < 1.29 is 14.6 Å². The van der Waals surface area contributed by atoms with E-state index < -0.39 is 6.10 Å². The first-order valence-corrected chi connectivity index (χ1v) is 7.30. The Hall–Kier alpha value is -2.17. The predicted molar refractivity (Wildman–Crippen MR) is 85.5 cm³/mol. The highest BCUT2D eigenvalue weighted by molar-refractivity contribution is 5.95. The second-order valence-corrected chi connectivity index (χ2v) is 5.06. The lowest BCUT2D eigenvalue weighted by atomic mass is 10.1. The van der Waals surface area contributed by atoms with Crippen molar-refractivity contribution in [1.29, 1.82) is 0 Å². The van der Waals surface area contributed by atoms with Gasteiger partial charge < -0.3 is 15.2 Å². The van der Waals surface area contributed by atoms with Gasteiger partial charge in [0, 0.05) is 19.2 Å². The molecule has 0 saturated carbocycles. The van der Waals surface area contributed by atoms with Gasteiger partial charge in [-0.25, -0.2) is 0 Å². The third kappa shape index (κ3) is 4.41. The number of amides is 1. The molecule has 22 heavy (non-hydrogen) atoms. The van der Waals surface area contributed by atoms with Crippen LogP contribution in [0.15, 0.2) is 54.6 Å². The number of carbonyl (C=O) groups is 1. The van der Waals surface area contributed by atoms with Gasteiger partial charge in [-0.15, -0.1) is 0 Å². The largest absolute Gasteiger partial charge is 0.388 e. The number of ether oxygens (including phenoxy) is 1. The molecule has 2 N–H and O–H groups in total. The predicted octanol–water partition coefficient (Wildman–Crippen LogP) is 2.69. The zero-order chi connectivity index (χ0) is 15.8. The van der Waals surface area contributed by atoms with Gasteiger partial charge in [0.2, 0.25) is 0 Å². The molecule has 4 nitrogen and oxygen atoms in total. The van der Waals surface area contributed by atoms with Crippen molar-refractivity contribution in [1.82, 2.24) is 5.32 Å². The normalized spacial score (nSPS) is 11.9. The number of rotatable bonds is 7. The molecular formula is C18H21NO3. The Morgan fingerprint density at radius 1 is 1.14 bits per heavy atom. The molecule has 0 fully saturated rings. The fraction of sp³-hybridized carbons (Fsp3) is 0.278. The Kier molecular flexibility index (Phi) is 6.13. The number of hydrogen-bond donors (Lipinski definition) is 2. The maximum absolute atomic E-state index is 12.2. The highest BCUT2D eigenvalue weighted by Crippen LogP contribution is 2.15. The van der Waals surface area contributed by atoms with E-state index in [0.717, 1.165) is 11.1 Å². The number of hydrogen-bond acceptors (Lipinski definition) is 3. The minimum atomic E-state index is -0.573. The molecule has 0 aliphatic rings. The molecule has 1 amide bonds. The SMILES string of the molecule is COCc1ccccc1C(=O)NCCC(O)c1ccccc1. The smallest absolute Gasteiger partial charge is 0.251 e. The van der Waals surface area contributed by atoms with Crippen molar-refractivity contribution in [3.63, 3.8) is 0 Å². The standard InChI is InChI=1S/C18H21NO3/c1-22-13-15-9-5-6-10-16(15)18(21)19-12-11-17(20)14-7-3-2-4-8-14/h2-10,17,20H,11-13H2,1H3,(H,19,21). The van der Waals surface area contributed by atoms with Gasteiger partial charge in [-0.2, -0.15) is 0 Å². The zero-order valence-electron chi connectivity index (χ0n) is 12.7. The Bertz CT molecular complexity index is 598. The molecule has 0 bridgehead atoms. The number of aliphatic hydroxyl groups is 1. The van der Waals surface area contributed by atoms with Crippen LogP contribution in [0, 0.1) is 0 Å². The van der Waals surface area contributed by atoms with E-state index in [9.17, 15) is 9.90 Å². The first-order chi connectivity index (χ1) is 10.7. The van der Waals surface area contributed by atoms with E-state index in [1.165, 1.54) is 0 Å². The lowest BCUT2D eigenvalue weighted by Crippen LogP contribution is -2.26. The van der Waals surface area contributed by atoms with Crippen LogP contribution < -0.4 is 5.32 Å². The minimum Gasteiger partial charge on any atom is -0.388 e. The molecule has 1 atom stereocenters. The molecule has 0 spiro atoms. The van der Waals surface area contributed by atoms with Gasteiger partial charge in [0.1, 0.15) is 0 Å². The Morgan fingerprint density at radius 2 is 1.82 bits per heavy atom. The molecule has 0 heterocycles. The number of benzene rings is 2. The Balaban J connectivity index is 1.88. The lowest BCUT2D eigenvalue weighted by Gasteiger charge is -2.13. The summed E-state index contributed by atoms with van der Waals surface area (Å²) in [7, 11) is 1.60. The summed E-state index contributed by atoms with van der Waals surface area (Å²) in [6, 6.07) is 16.8. The average molecular weight is 299 g/mol.